The number of carbonyl (C=O) groups is 1. The summed E-state index contributed by atoms with van der Waals surface area (Å²) in [5.41, 5.74) is 1.11. The average Bonchev–Trinajstić information content (AvgIpc) is 2.47. The van der Waals surface area contributed by atoms with Gasteiger partial charge in [0.05, 0.1) is 18.0 Å². The number of pyridine rings is 1. The Kier molecular flexibility index (Phi) is 4.65. The molecule has 0 radical (unpaired) electrons. The molecular formula is C15H18N2O4S. The van der Waals surface area contributed by atoms with Gasteiger partial charge in [-0.1, -0.05) is 0 Å². The molecule has 0 aliphatic heterocycles. The van der Waals surface area contributed by atoms with E-state index in [1.165, 1.54) is 7.11 Å². The zero-order valence-electron chi connectivity index (χ0n) is 12.7. The number of fused-ring (bicyclic) bond motifs is 1. The highest BCUT2D eigenvalue weighted by molar-refractivity contribution is 7.92. The third-order valence-corrected chi connectivity index (χ3v) is 5.38. The Morgan fingerprint density at radius 1 is 1.32 bits per heavy atom. The Morgan fingerprint density at radius 2 is 2.05 bits per heavy atom. The second-order valence-electron chi connectivity index (χ2n) is 5.12. The number of benzene rings is 1. The van der Waals surface area contributed by atoms with Gasteiger partial charge in [0.25, 0.3) is 0 Å². The lowest BCUT2D eigenvalue weighted by molar-refractivity contribution is -0.113. The van der Waals surface area contributed by atoms with E-state index < -0.39 is 26.7 Å². The molecule has 0 fully saturated rings. The van der Waals surface area contributed by atoms with Crippen LogP contribution in [0.1, 0.15) is 13.8 Å². The van der Waals surface area contributed by atoms with Gasteiger partial charge in [-0.2, -0.15) is 0 Å². The number of rotatable bonds is 5. The molecule has 2 rings (SSSR count). The van der Waals surface area contributed by atoms with E-state index in [0.717, 1.165) is 0 Å². The van der Waals surface area contributed by atoms with Crippen molar-refractivity contribution < 1.29 is 17.9 Å². The van der Waals surface area contributed by atoms with Gasteiger partial charge in [0, 0.05) is 11.6 Å². The Bertz CT molecular complexity index is 800. The summed E-state index contributed by atoms with van der Waals surface area (Å²) < 4.78 is 28.8. The van der Waals surface area contributed by atoms with Crippen LogP contribution in [0.4, 0.5) is 5.69 Å². The van der Waals surface area contributed by atoms with Crippen molar-refractivity contribution in [2.75, 3.05) is 18.2 Å². The molecule has 0 atom stereocenters. The van der Waals surface area contributed by atoms with Gasteiger partial charge >= 0.3 is 0 Å². The molecule has 0 saturated carbocycles. The first kappa shape index (κ1) is 16.2. The molecule has 0 saturated heterocycles. The summed E-state index contributed by atoms with van der Waals surface area (Å²) in [6, 6.07) is 6.88. The van der Waals surface area contributed by atoms with Gasteiger partial charge < -0.3 is 10.1 Å². The summed E-state index contributed by atoms with van der Waals surface area (Å²) in [5.74, 6) is -0.522. The summed E-state index contributed by atoms with van der Waals surface area (Å²) in [4.78, 5) is 16.2. The van der Waals surface area contributed by atoms with E-state index in [1.807, 2.05) is 0 Å². The Hall–Kier alpha value is -2.15. The van der Waals surface area contributed by atoms with Crippen molar-refractivity contribution in [1.29, 1.82) is 0 Å². The zero-order valence-corrected chi connectivity index (χ0v) is 13.5. The summed E-state index contributed by atoms with van der Waals surface area (Å²) in [7, 11) is -1.90. The van der Waals surface area contributed by atoms with Crippen molar-refractivity contribution in [3.8, 4) is 5.75 Å². The van der Waals surface area contributed by atoms with Gasteiger partial charge in [0.15, 0.2) is 9.84 Å². The fraction of sp³-hybridized carbons (Fsp3) is 0.333. The number of sulfone groups is 1. The van der Waals surface area contributed by atoms with Crippen LogP contribution >= 0.6 is 0 Å². The average molecular weight is 322 g/mol. The minimum Gasteiger partial charge on any atom is -0.494 e. The second kappa shape index (κ2) is 6.31. The molecule has 0 bridgehead atoms. The van der Waals surface area contributed by atoms with Crippen LogP contribution < -0.4 is 10.1 Å². The molecule has 1 aromatic heterocycles. The van der Waals surface area contributed by atoms with Crippen LogP contribution in [0, 0.1) is 0 Å². The topological polar surface area (TPSA) is 85.4 Å². The fourth-order valence-electron chi connectivity index (χ4n) is 1.96. The molecule has 0 unspecified atom stereocenters. The Labute approximate surface area is 129 Å². The lowest BCUT2D eigenvalue weighted by Crippen LogP contribution is -2.27. The van der Waals surface area contributed by atoms with Crippen molar-refractivity contribution >= 4 is 32.3 Å². The fourth-order valence-corrected chi connectivity index (χ4v) is 2.73. The number of hydrogen-bond donors (Lipinski definition) is 1. The number of anilines is 1. The highest BCUT2D eigenvalue weighted by atomic mass is 32.2. The third-order valence-electron chi connectivity index (χ3n) is 3.28. The number of ether oxygens (including phenoxy) is 1. The van der Waals surface area contributed by atoms with E-state index in [-0.39, 0.29) is 0 Å². The first-order valence-corrected chi connectivity index (χ1v) is 8.50. The molecule has 1 N–H and O–H groups in total. The van der Waals surface area contributed by atoms with E-state index in [2.05, 4.69) is 10.3 Å². The van der Waals surface area contributed by atoms with Crippen LogP contribution in [-0.4, -0.2) is 37.4 Å². The number of methoxy groups -OCH3 is 1. The molecule has 7 heteroatoms. The standard InChI is InChI=1S/C15H18N2O4S/c1-10(2)22(19,20)9-14(18)17-12-6-7-13(21-3)15-11(12)5-4-8-16-15/h4-8,10H,9H2,1-3H3,(H,17,18). The first-order valence-electron chi connectivity index (χ1n) is 6.78. The molecule has 0 aliphatic rings. The largest absolute Gasteiger partial charge is 0.494 e. The highest BCUT2D eigenvalue weighted by Crippen LogP contribution is 2.29. The van der Waals surface area contributed by atoms with Crippen LogP contribution in [-0.2, 0) is 14.6 Å². The van der Waals surface area contributed by atoms with E-state index in [4.69, 9.17) is 4.74 Å². The number of nitrogens with one attached hydrogen (secondary N) is 1. The minimum atomic E-state index is -3.44. The van der Waals surface area contributed by atoms with Crippen LogP contribution in [0.5, 0.6) is 5.75 Å². The van der Waals surface area contributed by atoms with Crippen LogP contribution in [0.3, 0.4) is 0 Å². The molecule has 1 amide bonds. The van der Waals surface area contributed by atoms with E-state index in [1.54, 1.807) is 44.3 Å². The van der Waals surface area contributed by atoms with Crippen molar-refractivity contribution in [3.05, 3.63) is 30.5 Å². The number of hydrogen-bond acceptors (Lipinski definition) is 5. The summed E-state index contributed by atoms with van der Waals surface area (Å²) in [6.45, 7) is 3.10. The van der Waals surface area contributed by atoms with Crippen LogP contribution in [0.15, 0.2) is 30.5 Å². The molecule has 6 nitrogen and oxygen atoms in total. The predicted octanol–water partition coefficient (Wildman–Crippen LogP) is 2.01. The van der Waals surface area contributed by atoms with Crippen LogP contribution in [0.25, 0.3) is 10.9 Å². The number of nitrogens with zero attached hydrogens (tertiary/aromatic N) is 1. The first-order chi connectivity index (χ1) is 10.3. The Morgan fingerprint density at radius 3 is 2.68 bits per heavy atom. The van der Waals surface area contributed by atoms with Crippen molar-refractivity contribution in [3.63, 3.8) is 0 Å². The maximum Gasteiger partial charge on any atom is 0.239 e. The van der Waals surface area contributed by atoms with E-state index in [9.17, 15) is 13.2 Å². The molecule has 0 aliphatic carbocycles. The van der Waals surface area contributed by atoms with Gasteiger partial charge in [-0.05, 0) is 38.1 Å². The van der Waals surface area contributed by atoms with Crippen molar-refractivity contribution in [2.24, 2.45) is 0 Å². The van der Waals surface area contributed by atoms with E-state index in [0.29, 0.717) is 22.3 Å². The molecule has 22 heavy (non-hydrogen) atoms. The van der Waals surface area contributed by atoms with Gasteiger partial charge in [-0.3, -0.25) is 9.78 Å². The number of aromatic nitrogens is 1. The van der Waals surface area contributed by atoms with E-state index >= 15 is 0 Å². The normalized spacial score (nSPS) is 11.6. The molecule has 1 aromatic carbocycles. The minimum absolute atomic E-state index is 0.507. The summed E-state index contributed by atoms with van der Waals surface area (Å²) in [6.07, 6.45) is 1.62. The number of carbonyl (C=O) groups excluding carboxylic acids is 1. The maximum atomic E-state index is 12.0. The lowest BCUT2D eigenvalue weighted by atomic mass is 10.1. The zero-order chi connectivity index (χ0) is 16.3. The molecule has 118 valence electrons. The summed E-state index contributed by atoms with van der Waals surface area (Å²) >= 11 is 0. The number of amides is 1. The highest BCUT2D eigenvalue weighted by Gasteiger charge is 2.21. The second-order valence-corrected chi connectivity index (χ2v) is 7.68. The quantitative estimate of drug-likeness (QED) is 0.910. The van der Waals surface area contributed by atoms with Crippen molar-refractivity contribution in [2.45, 2.75) is 19.1 Å². The van der Waals surface area contributed by atoms with Gasteiger partial charge in [-0.15, -0.1) is 0 Å². The SMILES string of the molecule is COc1ccc(NC(=O)CS(=O)(=O)C(C)C)c2cccnc12. The Balaban J connectivity index is 2.31. The molecular weight excluding hydrogens is 304 g/mol. The van der Waals surface area contributed by atoms with Gasteiger partial charge in [0.1, 0.15) is 17.0 Å². The van der Waals surface area contributed by atoms with Crippen LogP contribution in [0.2, 0.25) is 0 Å². The third kappa shape index (κ3) is 3.36. The van der Waals surface area contributed by atoms with Gasteiger partial charge in [-0.25, -0.2) is 8.42 Å². The van der Waals surface area contributed by atoms with Crippen molar-refractivity contribution in [1.82, 2.24) is 4.98 Å². The molecule has 0 spiro atoms. The maximum absolute atomic E-state index is 12.0. The summed E-state index contributed by atoms with van der Waals surface area (Å²) in [5, 5.41) is 2.74. The smallest absolute Gasteiger partial charge is 0.239 e. The predicted molar refractivity (Wildman–Crippen MR) is 85.8 cm³/mol. The molecule has 2 aromatic rings. The molecule has 1 heterocycles. The lowest BCUT2D eigenvalue weighted by Gasteiger charge is -2.12. The van der Waals surface area contributed by atoms with Gasteiger partial charge in [0.2, 0.25) is 5.91 Å². The monoisotopic (exact) mass is 322 g/mol.